The number of hydrogen-bond acceptors (Lipinski definition) is 4. The Hall–Kier alpha value is -1.93. The van der Waals surface area contributed by atoms with Gasteiger partial charge >= 0.3 is 5.97 Å². The molecule has 1 atom stereocenters. The first kappa shape index (κ1) is 21.4. The van der Waals surface area contributed by atoms with E-state index in [0.29, 0.717) is 37.4 Å². The summed E-state index contributed by atoms with van der Waals surface area (Å²) in [6.07, 6.45) is 0.930. The van der Waals surface area contributed by atoms with Crippen molar-refractivity contribution in [3.63, 3.8) is 0 Å². The lowest BCUT2D eigenvalue weighted by Gasteiger charge is -2.31. The van der Waals surface area contributed by atoms with Crippen LogP contribution in [0.3, 0.4) is 0 Å². The predicted molar refractivity (Wildman–Crippen MR) is 102 cm³/mol. The number of nitrogens with one attached hydrogen (secondary N) is 1. The Morgan fingerprint density at radius 2 is 1.89 bits per heavy atom. The summed E-state index contributed by atoms with van der Waals surface area (Å²) in [5, 5.41) is 11.5. The van der Waals surface area contributed by atoms with Crippen LogP contribution in [0.4, 0.5) is 0 Å². The first-order valence-electron chi connectivity index (χ1n) is 9.18. The molecule has 0 radical (unpaired) electrons. The van der Waals surface area contributed by atoms with Crippen LogP contribution < -0.4 is 5.32 Å². The minimum absolute atomic E-state index is 0.00681. The van der Waals surface area contributed by atoms with Gasteiger partial charge in [-0.05, 0) is 44.2 Å². The van der Waals surface area contributed by atoms with Gasteiger partial charge in [-0.2, -0.15) is 4.31 Å². The quantitative estimate of drug-likeness (QED) is 0.733. The fraction of sp³-hybridized carbons (Fsp3) is 0.579. The molecule has 0 aliphatic carbocycles. The van der Waals surface area contributed by atoms with Crippen molar-refractivity contribution in [1.29, 1.82) is 0 Å². The third-order valence-corrected chi connectivity index (χ3v) is 6.98. The largest absolute Gasteiger partial charge is 0.481 e. The van der Waals surface area contributed by atoms with Gasteiger partial charge < -0.3 is 10.4 Å². The molecule has 1 aliphatic heterocycles. The smallest absolute Gasteiger partial charge is 0.303 e. The van der Waals surface area contributed by atoms with Crippen molar-refractivity contribution in [1.82, 2.24) is 9.62 Å². The highest BCUT2D eigenvalue weighted by Crippen LogP contribution is 2.26. The molecule has 0 saturated carbocycles. The summed E-state index contributed by atoms with van der Waals surface area (Å²) in [7, 11) is -3.56. The number of carboxylic acid groups (broad SMARTS) is 1. The Morgan fingerprint density at radius 1 is 1.26 bits per heavy atom. The summed E-state index contributed by atoms with van der Waals surface area (Å²) in [6, 6.07) is 5.28. The number of benzene rings is 1. The van der Waals surface area contributed by atoms with E-state index < -0.39 is 16.0 Å². The van der Waals surface area contributed by atoms with E-state index in [1.54, 1.807) is 26.0 Å². The number of sulfonamides is 1. The second kappa shape index (κ2) is 8.84. The third kappa shape index (κ3) is 5.52. The van der Waals surface area contributed by atoms with Crippen molar-refractivity contribution in [2.75, 3.05) is 19.6 Å². The zero-order valence-electron chi connectivity index (χ0n) is 16.1. The molecule has 2 rings (SSSR count). The van der Waals surface area contributed by atoms with Crippen molar-refractivity contribution in [3.05, 3.63) is 29.3 Å². The standard InChI is InChI=1S/C19H28N2O5S/c1-13-4-5-17(15(3)10-13)27(25,26)21-8-6-16(7-9-21)19(24)20-12-14(2)11-18(22)23/h4-5,10,14,16H,6-9,11-12H2,1-3H3,(H,20,24)(H,22,23). The molecular formula is C19H28N2O5S. The fourth-order valence-corrected chi connectivity index (χ4v) is 5.05. The van der Waals surface area contributed by atoms with Crippen LogP contribution in [0.5, 0.6) is 0 Å². The topological polar surface area (TPSA) is 104 Å². The van der Waals surface area contributed by atoms with E-state index in [1.807, 2.05) is 13.0 Å². The SMILES string of the molecule is Cc1ccc(S(=O)(=O)N2CCC(C(=O)NCC(C)CC(=O)O)CC2)c(C)c1. The molecule has 7 nitrogen and oxygen atoms in total. The number of amides is 1. The normalized spacial score (nSPS) is 17.4. The van der Waals surface area contributed by atoms with Crippen molar-refractivity contribution in [3.8, 4) is 0 Å². The Morgan fingerprint density at radius 3 is 2.44 bits per heavy atom. The highest BCUT2D eigenvalue weighted by molar-refractivity contribution is 7.89. The lowest BCUT2D eigenvalue weighted by Crippen LogP contribution is -2.43. The highest BCUT2D eigenvalue weighted by Gasteiger charge is 2.32. The van der Waals surface area contributed by atoms with E-state index in [9.17, 15) is 18.0 Å². The molecule has 1 heterocycles. The molecule has 1 aromatic carbocycles. The molecule has 1 fully saturated rings. The van der Waals surface area contributed by atoms with Gasteiger partial charge in [0.1, 0.15) is 0 Å². The van der Waals surface area contributed by atoms with E-state index >= 15 is 0 Å². The molecule has 1 aliphatic rings. The van der Waals surface area contributed by atoms with Gasteiger partial charge in [-0.25, -0.2) is 8.42 Å². The molecule has 1 unspecified atom stereocenters. The van der Waals surface area contributed by atoms with E-state index in [4.69, 9.17) is 5.11 Å². The molecule has 8 heteroatoms. The lowest BCUT2D eigenvalue weighted by molar-refractivity contribution is -0.138. The average Bonchev–Trinajstić information content (AvgIpc) is 2.59. The van der Waals surface area contributed by atoms with Crippen molar-refractivity contribution < 1.29 is 23.1 Å². The number of carboxylic acids is 1. The molecule has 1 aromatic rings. The maximum absolute atomic E-state index is 12.9. The maximum Gasteiger partial charge on any atom is 0.303 e. The Kier molecular flexibility index (Phi) is 7.00. The van der Waals surface area contributed by atoms with E-state index in [-0.39, 0.29) is 24.2 Å². The van der Waals surface area contributed by atoms with Gasteiger partial charge in [-0.1, -0.05) is 24.6 Å². The summed E-state index contributed by atoms with van der Waals surface area (Å²) in [5.41, 5.74) is 1.74. The molecular weight excluding hydrogens is 368 g/mol. The van der Waals surface area contributed by atoms with Crippen molar-refractivity contribution in [2.24, 2.45) is 11.8 Å². The number of rotatable bonds is 7. The van der Waals surface area contributed by atoms with Crippen LogP contribution in [0.1, 0.15) is 37.3 Å². The van der Waals surface area contributed by atoms with Gasteiger partial charge in [0.05, 0.1) is 4.90 Å². The second-order valence-electron chi connectivity index (χ2n) is 7.40. The van der Waals surface area contributed by atoms with Gasteiger partial charge in [0.15, 0.2) is 0 Å². The highest BCUT2D eigenvalue weighted by atomic mass is 32.2. The summed E-state index contributed by atoms with van der Waals surface area (Å²) in [6.45, 7) is 6.40. The summed E-state index contributed by atoms with van der Waals surface area (Å²) in [5.74, 6) is -1.40. The van der Waals surface area contributed by atoms with Gasteiger partial charge in [0.25, 0.3) is 0 Å². The molecule has 27 heavy (non-hydrogen) atoms. The number of hydrogen-bond donors (Lipinski definition) is 2. The number of nitrogens with zero attached hydrogens (tertiary/aromatic N) is 1. The van der Waals surface area contributed by atoms with Crippen LogP contribution in [-0.4, -0.2) is 49.3 Å². The Labute approximate surface area is 160 Å². The van der Waals surface area contributed by atoms with Crippen molar-refractivity contribution >= 4 is 21.9 Å². The number of aliphatic carboxylic acids is 1. The van der Waals surface area contributed by atoms with Crippen LogP contribution in [-0.2, 0) is 19.6 Å². The molecule has 0 spiro atoms. The average molecular weight is 397 g/mol. The van der Waals surface area contributed by atoms with E-state index in [1.165, 1.54) is 4.31 Å². The Bertz CT molecular complexity index is 798. The van der Waals surface area contributed by atoms with Gasteiger partial charge in [0, 0.05) is 32.0 Å². The minimum atomic E-state index is -3.56. The predicted octanol–water partition coefficient (Wildman–Crippen LogP) is 1.93. The molecule has 1 saturated heterocycles. The molecule has 1 amide bonds. The zero-order valence-corrected chi connectivity index (χ0v) is 16.9. The zero-order chi connectivity index (χ0) is 20.2. The van der Waals surface area contributed by atoms with Gasteiger partial charge in [-0.3, -0.25) is 9.59 Å². The first-order chi connectivity index (χ1) is 12.6. The van der Waals surface area contributed by atoms with Crippen LogP contribution in [0.15, 0.2) is 23.1 Å². The number of aryl methyl sites for hydroxylation is 2. The number of piperidine rings is 1. The monoisotopic (exact) mass is 396 g/mol. The van der Waals surface area contributed by atoms with Crippen molar-refractivity contribution in [2.45, 2.75) is 44.9 Å². The van der Waals surface area contributed by atoms with Crippen LogP contribution in [0.25, 0.3) is 0 Å². The van der Waals surface area contributed by atoms with Gasteiger partial charge in [-0.15, -0.1) is 0 Å². The van der Waals surface area contributed by atoms with Crippen LogP contribution >= 0.6 is 0 Å². The third-order valence-electron chi connectivity index (χ3n) is 4.92. The van der Waals surface area contributed by atoms with E-state index in [0.717, 1.165) is 11.1 Å². The van der Waals surface area contributed by atoms with Crippen LogP contribution in [0.2, 0.25) is 0 Å². The first-order valence-corrected chi connectivity index (χ1v) is 10.6. The molecule has 0 bridgehead atoms. The second-order valence-corrected chi connectivity index (χ2v) is 9.30. The lowest BCUT2D eigenvalue weighted by atomic mass is 9.97. The summed E-state index contributed by atoms with van der Waals surface area (Å²) >= 11 is 0. The van der Waals surface area contributed by atoms with Crippen LogP contribution in [0, 0.1) is 25.7 Å². The Balaban J connectivity index is 1.92. The molecule has 0 aromatic heterocycles. The van der Waals surface area contributed by atoms with Gasteiger partial charge in [0.2, 0.25) is 15.9 Å². The number of carbonyl (C=O) groups is 2. The minimum Gasteiger partial charge on any atom is -0.481 e. The maximum atomic E-state index is 12.9. The number of carbonyl (C=O) groups excluding carboxylic acids is 1. The summed E-state index contributed by atoms with van der Waals surface area (Å²) in [4.78, 5) is 23.3. The fourth-order valence-electron chi connectivity index (χ4n) is 3.38. The van der Waals surface area contributed by atoms with E-state index in [2.05, 4.69) is 5.32 Å². The summed E-state index contributed by atoms with van der Waals surface area (Å²) < 4.78 is 27.2. The molecule has 150 valence electrons. The molecule has 2 N–H and O–H groups in total.